The number of nitrogens with zero attached hydrogens (tertiary/aromatic N) is 1. The summed E-state index contributed by atoms with van der Waals surface area (Å²) in [6.45, 7) is 1.08. The maximum absolute atomic E-state index is 13.6. The highest BCUT2D eigenvalue weighted by Gasteiger charge is 2.34. The Kier molecular flexibility index (Phi) is 3.56. The van der Waals surface area contributed by atoms with Gasteiger partial charge >= 0.3 is 0 Å². The molecule has 0 atom stereocenters. The second kappa shape index (κ2) is 5.74. The SMILES string of the molecule is O=C(NCCc1ccccc1F)c1cc2c3c(c1)CC(=O)N3CC2. The number of hydrogen-bond acceptors (Lipinski definition) is 2. The summed E-state index contributed by atoms with van der Waals surface area (Å²) >= 11 is 0. The van der Waals surface area contributed by atoms with Crippen molar-refractivity contribution in [2.45, 2.75) is 19.3 Å². The summed E-state index contributed by atoms with van der Waals surface area (Å²) in [6, 6.07) is 10.2. The van der Waals surface area contributed by atoms with Gasteiger partial charge in [0.2, 0.25) is 5.91 Å². The summed E-state index contributed by atoms with van der Waals surface area (Å²) in [6.07, 6.45) is 1.62. The van der Waals surface area contributed by atoms with E-state index in [0.717, 1.165) is 23.2 Å². The van der Waals surface area contributed by atoms with Crippen LogP contribution in [-0.4, -0.2) is 24.9 Å². The second-order valence-electron chi connectivity index (χ2n) is 6.21. The van der Waals surface area contributed by atoms with Crippen molar-refractivity contribution in [1.29, 1.82) is 0 Å². The fourth-order valence-electron chi connectivity index (χ4n) is 3.53. The van der Waals surface area contributed by atoms with Crippen LogP contribution in [0.25, 0.3) is 0 Å². The van der Waals surface area contributed by atoms with Gasteiger partial charge in [-0.05, 0) is 47.7 Å². The summed E-state index contributed by atoms with van der Waals surface area (Å²) in [7, 11) is 0. The van der Waals surface area contributed by atoms with E-state index in [4.69, 9.17) is 0 Å². The molecule has 1 N–H and O–H groups in total. The van der Waals surface area contributed by atoms with E-state index in [1.54, 1.807) is 24.3 Å². The zero-order chi connectivity index (χ0) is 16.7. The number of carbonyl (C=O) groups excluding carboxylic acids is 2. The fraction of sp³-hybridized carbons (Fsp3) is 0.263. The van der Waals surface area contributed by atoms with Gasteiger partial charge in [-0.25, -0.2) is 4.39 Å². The minimum absolute atomic E-state index is 0.112. The Morgan fingerprint density at radius 3 is 2.83 bits per heavy atom. The van der Waals surface area contributed by atoms with E-state index in [2.05, 4.69) is 5.32 Å². The lowest BCUT2D eigenvalue weighted by Crippen LogP contribution is -2.26. The third-order valence-electron chi connectivity index (χ3n) is 4.69. The van der Waals surface area contributed by atoms with E-state index in [9.17, 15) is 14.0 Å². The van der Waals surface area contributed by atoms with Gasteiger partial charge in [0.1, 0.15) is 5.82 Å². The molecule has 2 heterocycles. The topological polar surface area (TPSA) is 49.4 Å². The van der Waals surface area contributed by atoms with E-state index in [1.807, 2.05) is 11.0 Å². The van der Waals surface area contributed by atoms with Crippen molar-refractivity contribution in [3.8, 4) is 0 Å². The van der Waals surface area contributed by atoms with Gasteiger partial charge in [0.15, 0.2) is 0 Å². The average Bonchev–Trinajstić information content (AvgIpc) is 3.14. The molecule has 0 bridgehead atoms. The van der Waals surface area contributed by atoms with E-state index in [0.29, 0.717) is 37.1 Å². The van der Waals surface area contributed by atoms with E-state index in [-0.39, 0.29) is 17.6 Å². The number of hydrogen-bond donors (Lipinski definition) is 1. The molecule has 0 aliphatic carbocycles. The Labute approximate surface area is 139 Å². The summed E-state index contributed by atoms with van der Waals surface area (Å²) in [5.41, 5.74) is 4.18. The van der Waals surface area contributed by atoms with Crippen LogP contribution in [0, 0.1) is 5.82 Å². The molecule has 2 aromatic rings. The van der Waals surface area contributed by atoms with Crippen LogP contribution < -0.4 is 10.2 Å². The number of anilines is 1. The Hall–Kier alpha value is -2.69. The highest BCUT2D eigenvalue weighted by Crippen LogP contribution is 2.38. The van der Waals surface area contributed by atoms with Gasteiger partial charge in [0.25, 0.3) is 5.91 Å². The summed E-state index contributed by atoms with van der Waals surface area (Å²) < 4.78 is 13.6. The molecule has 24 heavy (non-hydrogen) atoms. The second-order valence-corrected chi connectivity index (χ2v) is 6.21. The maximum atomic E-state index is 13.6. The van der Waals surface area contributed by atoms with Crippen molar-refractivity contribution in [3.63, 3.8) is 0 Å². The molecule has 4 nitrogen and oxygen atoms in total. The van der Waals surface area contributed by atoms with Crippen LogP contribution in [0.15, 0.2) is 36.4 Å². The van der Waals surface area contributed by atoms with Gasteiger partial charge in [-0.15, -0.1) is 0 Å². The quantitative estimate of drug-likeness (QED) is 0.938. The van der Waals surface area contributed by atoms with Crippen molar-refractivity contribution in [1.82, 2.24) is 5.32 Å². The largest absolute Gasteiger partial charge is 0.352 e. The molecule has 0 spiro atoms. The lowest BCUT2D eigenvalue weighted by atomic mass is 10.0. The third-order valence-corrected chi connectivity index (χ3v) is 4.69. The first-order valence-corrected chi connectivity index (χ1v) is 8.11. The molecule has 0 radical (unpaired) electrons. The molecule has 2 aliphatic rings. The number of amides is 2. The van der Waals surface area contributed by atoms with Gasteiger partial charge in [0, 0.05) is 18.7 Å². The predicted molar refractivity (Wildman–Crippen MR) is 88.6 cm³/mol. The zero-order valence-electron chi connectivity index (χ0n) is 13.1. The molecule has 2 amide bonds. The first-order valence-electron chi connectivity index (χ1n) is 8.11. The van der Waals surface area contributed by atoms with Crippen LogP contribution >= 0.6 is 0 Å². The smallest absolute Gasteiger partial charge is 0.251 e. The lowest BCUT2D eigenvalue weighted by molar-refractivity contribution is -0.117. The summed E-state index contributed by atoms with van der Waals surface area (Å²) in [5, 5.41) is 2.84. The molecule has 5 heteroatoms. The van der Waals surface area contributed by atoms with Gasteiger partial charge in [-0.3, -0.25) is 9.59 Å². The summed E-state index contributed by atoms with van der Waals surface area (Å²) in [5.74, 6) is -0.319. The minimum atomic E-state index is -0.254. The van der Waals surface area contributed by atoms with Crippen molar-refractivity contribution < 1.29 is 14.0 Å². The predicted octanol–water partition coefficient (Wildman–Crippen LogP) is 2.24. The first-order chi connectivity index (χ1) is 11.6. The van der Waals surface area contributed by atoms with E-state index >= 15 is 0 Å². The monoisotopic (exact) mass is 324 g/mol. The molecule has 0 saturated heterocycles. The van der Waals surface area contributed by atoms with Crippen molar-refractivity contribution in [2.24, 2.45) is 0 Å². The Morgan fingerprint density at radius 1 is 1.21 bits per heavy atom. The molecule has 2 aromatic carbocycles. The van der Waals surface area contributed by atoms with Gasteiger partial charge in [-0.2, -0.15) is 0 Å². The first kappa shape index (κ1) is 14.9. The van der Waals surface area contributed by atoms with Crippen molar-refractivity contribution in [3.05, 3.63) is 64.5 Å². The van der Waals surface area contributed by atoms with Crippen LogP contribution in [0.4, 0.5) is 10.1 Å². The number of nitrogens with one attached hydrogen (secondary N) is 1. The van der Waals surface area contributed by atoms with E-state index in [1.165, 1.54) is 6.07 Å². The normalized spacial score (nSPS) is 14.9. The molecule has 4 rings (SSSR count). The van der Waals surface area contributed by atoms with Gasteiger partial charge in [-0.1, -0.05) is 18.2 Å². The van der Waals surface area contributed by atoms with Gasteiger partial charge in [0.05, 0.1) is 12.1 Å². The Bertz CT molecular complexity index is 847. The van der Waals surface area contributed by atoms with E-state index < -0.39 is 0 Å². The minimum Gasteiger partial charge on any atom is -0.352 e. The van der Waals surface area contributed by atoms with Crippen LogP contribution in [-0.2, 0) is 24.1 Å². The highest BCUT2D eigenvalue weighted by atomic mass is 19.1. The van der Waals surface area contributed by atoms with Crippen molar-refractivity contribution in [2.75, 3.05) is 18.0 Å². The number of carbonyl (C=O) groups is 2. The molecule has 0 unspecified atom stereocenters. The third kappa shape index (κ3) is 2.46. The van der Waals surface area contributed by atoms with Crippen LogP contribution in [0.2, 0.25) is 0 Å². The van der Waals surface area contributed by atoms with Crippen LogP contribution in [0.1, 0.15) is 27.0 Å². The van der Waals surface area contributed by atoms with Gasteiger partial charge < -0.3 is 10.2 Å². The highest BCUT2D eigenvalue weighted by molar-refractivity contribution is 6.05. The maximum Gasteiger partial charge on any atom is 0.251 e. The Balaban J connectivity index is 1.46. The zero-order valence-corrected chi connectivity index (χ0v) is 13.1. The van der Waals surface area contributed by atoms with Crippen LogP contribution in [0.5, 0.6) is 0 Å². The molecule has 2 aliphatic heterocycles. The molecule has 0 aromatic heterocycles. The fourth-order valence-corrected chi connectivity index (χ4v) is 3.53. The molecule has 122 valence electrons. The number of rotatable bonds is 4. The van der Waals surface area contributed by atoms with Crippen LogP contribution in [0.3, 0.4) is 0 Å². The molecule has 0 fully saturated rings. The Morgan fingerprint density at radius 2 is 2.00 bits per heavy atom. The summed E-state index contributed by atoms with van der Waals surface area (Å²) in [4.78, 5) is 26.1. The molecular weight excluding hydrogens is 307 g/mol. The molecule has 0 saturated carbocycles. The molecular formula is C19H17FN2O2. The number of benzene rings is 2. The average molecular weight is 324 g/mol. The van der Waals surface area contributed by atoms with Crippen molar-refractivity contribution >= 4 is 17.5 Å². The standard InChI is InChI=1S/C19H17FN2O2/c20-16-4-2-1-3-12(16)5-7-21-19(24)15-9-13-6-8-22-17(23)11-14(10-15)18(13)22/h1-4,9-10H,5-8,11H2,(H,21,24). The lowest BCUT2D eigenvalue weighted by Gasteiger charge is -2.10. The number of halogens is 1.